The van der Waals surface area contributed by atoms with Gasteiger partial charge in [-0.25, -0.2) is 0 Å². The highest BCUT2D eigenvalue weighted by Crippen LogP contribution is 2.34. The molecule has 1 heterocycles. The van der Waals surface area contributed by atoms with Crippen molar-refractivity contribution in [3.63, 3.8) is 0 Å². The van der Waals surface area contributed by atoms with Crippen molar-refractivity contribution in [2.75, 3.05) is 26.2 Å². The standard InChI is InChI=1S/C21H22N2O5/c24-17-6-2-14(13-19(17)26)1-5-16-15(3-7-18(25)21(16)28)4-8-20(27)23-11-9-22-10-12-23/h1-8,13,22,24-26,28H,9-12H2/b5-1+,8-4+. The molecule has 1 aliphatic heterocycles. The molecule has 7 nitrogen and oxygen atoms in total. The van der Waals surface area contributed by atoms with E-state index in [1.54, 1.807) is 35.3 Å². The van der Waals surface area contributed by atoms with Crippen molar-refractivity contribution in [2.45, 2.75) is 0 Å². The number of hydrogen-bond donors (Lipinski definition) is 5. The largest absolute Gasteiger partial charge is 0.504 e. The molecule has 0 aromatic heterocycles. The van der Waals surface area contributed by atoms with Crippen LogP contribution in [0.3, 0.4) is 0 Å². The number of nitrogens with one attached hydrogen (secondary N) is 1. The van der Waals surface area contributed by atoms with Gasteiger partial charge in [-0.05, 0) is 41.5 Å². The number of hydrogen-bond acceptors (Lipinski definition) is 6. The quantitative estimate of drug-likeness (QED) is 0.315. The summed E-state index contributed by atoms with van der Waals surface area (Å²) in [6.07, 6.45) is 6.22. The fourth-order valence-corrected chi connectivity index (χ4v) is 2.91. The third-order valence-corrected chi connectivity index (χ3v) is 4.51. The first-order valence-electron chi connectivity index (χ1n) is 8.88. The Morgan fingerprint density at radius 2 is 1.61 bits per heavy atom. The number of phenols is 4. The van der Waals surface area contributed by atoms with Gasteiger partial charge in [-0.15, -0.1) is 0 Å². The third kappa shape index (κ3) is 4.44. The van der Waals surface area contributed by atoms with Crippen LogP contribution in [0.1, 0.15) is 16.7 Å². The number of carbonyl (C=O) groups excluding carboxylic acids is 1. The van der Waals surface area contributed by atoms with E-state index in [0.717, 1.165) is 13.1 Å². The summed E-state index contributed by atoms with van der Waals surface area (Å²) in [6, 6.07) is 7.27. The highest BCUT2D eigenvalue weighted by atomic mass is 16.3. The smallest absolute Gasteiger partial charge is 0.246 e. The zero-order chi connectivity index (χ0) is 20.1. The lowest BCUT2D eigenvalue weighted by atomic mass is 10.0. The molecule has 0 aliphatic carbocycles. The van der Waals surface area contributed by atoms with Gasteiger partial charge in [0.15, 0.2) is 23.0 Å². The van der Waals surface area contributed by atoms with E-state index in [9.17, 15) is 25.2 Å². The number of rotatable bonds is 4. The average molecular weight is 382 g/mol. The Morgan fingerprint density at radius 3 is 2.32 bits per heavy atom. The minimum Gasteiger partial charge on any atom is -0.504 e. The second-order valence-corrected chi connectivity index (χ2v) is 6.43. The van der Waals surface area contributed by atoms with Crippen LogP contribution in [0.25, 0.3) is 18.2 Å². The molecule has 146 valence electrons. The molecule has 0 spiro atoms. The van der Waals surface area contributed by atoms with Gasteiger partial charge < -0.3 is 30.6 Å². The molecule has 0 bridgehead atoms. The fraction of sp³-hybridized carbons (Fsp3) is 0.190. The molecule has 0 saturated carbocycles. The Kier molecular flexibility index (Phi) is 5.86. The fourth-order valence-electron chi connectivity index (χ4n) is 2.91. The number of nitrogens with zero attached hydrogens (tertiary/aromatic N) is 1. The number of piperazine rings is 1. The third-order valence-electron chi connectivity index (χ3n) is 4.51. The van der Waals surface area contributed by atoms with Crippen LogP contribution in [-0.4, -0.2) is 57.4 Å². The molecule has 1 amide bonds. The minimum absolute atomic E-state index is 0.118. The summed E-state index contributed by atoms with van der Waals surface area (Å²) in [5, 5.41) is 42.2. The van der Waals surface area contributed by atoms with E-state index >= 15 is 0 Å². The normalized spacial score (nSPS) is 14.8. The van der Waals surface area contributed by atoms with Crippen LogP contribution < -0.4 is 5.32 Å². The van der Waals surface area contributed by atoms with Crippen molar-refractivity contribution in [1.29, 1.82) is 0 Å². The van der Waals surface area contributed by atoms with Gasteiger partial charge in [0.1, 0.15) is 0 Å². The van der Waals surface area contributed by atoms with E-state index in [2.05, 4.69) is 5.32 Å². The van der Waals surface area contributed by atoms with Gasteiger partial charge in [-0.3, -0.25) is 4.79 Å². The molecule has 1 saturated heterocycles. The van der Waals surface area contributed by atoms with Crippen LogP contribution in [0.4, 0.5) is 0 Å². The number of phenolic OH excluding ortho intramolecular Hbond substituents is 4. The molecule has 1 aliphatic rings. The first-order valence-corrected chi connectivity index (χ1v) is 8.88. The maximum atomic E-state index is 12.3. The van der Waals surface area contributed by atoms with Crippen molar-refractivity contribution in [2.24, 2.45) is 0 Å². The molecule has 2 aromatic carbocycles. The number of amides is 1. The molecule has 28 heavy (non-hydrogen) atoms. The summed E-state index contributed by atoms with van der Waals surface area (Å²) < 4.78 is 0. The minimum atomic E-state index is -0.309. The lowest BCUT2D eigenvalue weighted by Gasteiger charge is -2.26. The molecular weight excluding hydrogens is 360 g/mol. The Morgan fingerprint density at radius 1 is 0.893 bits per heavy atom. The summed E-state index contributed by atoms with van der Waals surface area (Å²) in [5.74, 6) is -1.20. The molecule has 2 aromatic rings. The van der Waals surface area contributed by atoms with Crippen LogP contribution in [0.2, 0.25) is 0 Å². The maximum Gasteiger partial charge on any atom is 0.246 e. The van der Waals surface area contributed by atoms with Gasteiger partial charge in [0, 0.05) is 37.8 Å². The topological polar surface area (TPSA) is 113 Å². The molecule has 0 radical (unpaired) electrons. The van der Waals surface area contributed by atoms with Gasteiger partial charge >= 0.3 is 0 Å². The van der Waals surface area contributed by atoms with Crippen LogP contribution in [0, 0.1) is 0 Å². The second kappa shape index (κ2) is 8.49. The molecule has 0 unspecified atom stereocenters. The molecule has 0 atom stereocenters. The molecule has 3 rings (SSSR count). The Hall–Kier alpha value is -3.45. The zero-order valence-electron chi connectivity index (χ0n) is 15.2. The molecule has 5 N–H and O–H groups in total. The summed E-state index contributed by atoms with van der Waals surface area (Å²) in [6.45, 7) is 2.79. The molecule has 7 heteroatoms. The lowest BCUT2D eigenvalue weighted by molar-refractivity contribution is -0.126. The van der Waals surface area contributed by atoms with Gasteiger partial charge in [-0.1, -0.05) is 18.2 Å². The number of carbonyl (C=O) groups is 1. The van der Waals surface area contributed by atoms with Crippen molar-refractivity contribution in [3.05, 3.63) is 53.1 Å². The lowest BCUT2D eigenvalue weighted by Crippen LogP contribution is -2.45. The summed E-state index contributed by atoms with van der Waals surface area (Å²) in [7, 11) is 0. The summed E-state index contributed by atoms with van der Waals surface area (Å²) in [5.41, 5.74) is 1.47. The Labute approximate surface area is 162 Å². The summed E-state index contributed by atoms with van der Waals surface area (Å²) >= 11 is 0. The van der Waals surface area contributed by atoms with Gasteiger partial charge in [0.25, 0.3) is 0 Å². The Balaban J connectivity index is 1.86. The SMILES string of the molecule is O=C(/C=C/c1ccc(O)c(O)c1/C=C/c1ccc(O)c(O)c1)N1CCNCC1. The predicted molar refractivity (Wildman–Crippen MR) is 107 cm³/mol. The van der Waals surface area contributed by atoms with E-state index < -0.39 is 0 Å². The van der Waals surface area contributed by atoms with Crippen LogP contribution in [-0.2, 0) is 4.79 Å². The monoisotopic (exact) mass is 382 g/mol. The number of benzene rings is 2. The van der Waals surface area contributed by atoms with Crippen LogP contribution >= 0.6 is 0 Å². The van der Waals surface area contributed by atoms with E-state index in [1.165, 1.54) is 24.3 Å². The highest BCUT2D eigenvalue weighted by Gasteiger charge is 2.14. The van der Waals surface area contributed by atoms with Crippen LogP contribution in [0.5, 0.6) is 23.0 Å². The van der Waals surface area contributed by atoms with Crippen molar-refractivity contribution in [1.82, 2.24) is 10.2 Å². The zero-order valence-corrected chi connectivity index (χ0v) is 15.2. The van der Waals surface area contributed by atoms with E-state index in [4.69, 9.17) is 0 Å². The van der Waals surface area contributed by atoms with Crippen molar-refractivity contribution >= 4 is 24.1 Å². The van der Waals surface area contributed by atoms with Crippen molar-refractivity contribution < 1.29 is 25.2 Å². The van der Waals surface area contributed by atoms with E-state index in [-0.39, 0.29) is 28.9 Å². The summed E-state index contributed by atoms with van der Waals surface area (Å²) in [4.78, 5) is 14.1. The molecular formula is C21H22N2O5. The highest BCUT2D eigenvalue weighted by molar-refractivity contribution is 5.93. The maximum absolute atomic E-state index is 12.3. The first-order chi connectivity index (χ1) is 13.5. The van der Waals surface area contributed by atoms with Gasteiger partial charge in [0.2, 0.25) is 5.91 Å². The predicted octanol–water partition coefficient (Wildman–Crippen LogP) is 2.12. The van der Waals surface area contributed by atoms with E-state index in [1.807, 2.05) is 0 Å². The number of aromatic hydroxyl groups is 4. The van der Waals surface area contributed by atoms with Crippen molar-refractivity contribution in [3.8, 4) is 23.0 Å². The van der Waals surface area contributed by atoms with Gasteiger partial charge in [-0.2, -0.15) is 0 Å². The van der Waals surface area contributed by atoms with Gasteiger partial charge in [0.05, 0.1) is 0 Å². The first kappa shape index (κ1) is 19.3. The van der Waals surface area contributed by atoms with Crippen LogP contribution in [0.15, 0.2) is 36.4 Å². The average Bonchev–Trinajstić information content (AvgIpc) is 2.71. The van der Waals surface area contributed by atoms with E-state index in [0.29, 0.717) is 29.8 Å². The Bertz CT molecular complexity index is 931. The molecule has 1 fully saturated rings. The second-order valence-electron chi connectivity index (χ2n) is 6.43.